The van der Waals surface area contributed by atoms with Crippen LogP contribution in [0.3, 0.4) is 0 Å². The van der Waals surface area contributed by atoms with Gasteiger partial charge in [0.15, 0.2) is 11.0 Å². The quantitative estimate of drug-likeness (QED) is 0.461. The fourth-order valence-corrected chi connectivity index (χ4v) is 3.34. The lowest BCUT2D eigenvalue weighted by Gasteiger charge is -2.14. The van der Waals surface area contributed by atoms with Crippen molar-refractivity contribution in [2.24, 2.45) is 0 Å². The van der Waals surface area contributed by atoms with E-state index < -0.39 is 18.0 Å². The number of nitrogens with zero attached hydrogens (tertiary/aromatic N) is 3. The number of halogens is 3. The summed E-state index contributed by atoms with van der Waals surface area (Å²) in [7, 11) is 0. The van der Waals surface area contributed by atoms with E-state index in [2.05, 4.69) is 4.98 Å². The van der Waals surface area contributed by atoms with E-state index in [9.17, 15) is 18.0 Å². The number of benzene rings is 2. The summed E-state index contributed by atoms with van der Waals surface area (Å²) in [5, 5.41) is 9.07. The molecule has 0 atom stereocenters. The van der Waals surface area contributed by atoms with Crippen molar-refractivity contribution in [3.8, 4) is 17.4 Å². The number of rotatable bonds is 2. The van der Waals surface area contributed by atoms with Crippen molar-refractivity contribution < 1.29 is 17.6 Å². The van der Waals surface area contributed by atoms with Gasteiger partial charge in [-0.15, -0.1) is 0 Å². The predicted octanol–water partition coefficient (Wildman–Crippen LogP) is 5.28. The van der Waals surface area contributed by atoms with Crippen LogP contribution in [0.1, 0.15) is 31.3 Å². The second kappa shape index (κ2) is 6.48. The van der Waals surface area contributed by atoms with Crippen LogP contribution in [0.15, 0.2) is 51.7 Å². The molecule has 0 saturated carbocycles. The number of fused-ring (bicyclic) bond motifs is 3. The minimum absolute atomic E-state index is 0.000685. The number of hydrogen-bond donors (Lipinski definition) is 0. The van der Waals surface area contributed by atoms with Crippen LogP contribution in [-0.4, -0.2) is 9.55 Å². The van der Waals surface area contributed by atoms with E-state index in [-0.39, 0.29) is 33.2 Å². The van der Waals surface area contributed by atoms with Crippen LogP contribution in [0, 0.1) is 11.3 Å². The number of alkyl halides is 3. The Morgan fingerprint density at radius 1 is 1.14 bits per heavy atom. The average Bonchev–Trinajstić information content (AvgIpc) is 3.09. The summed E-state index contributed by atoms with van der Waals surface area (Å²) < 4.78 is 47.6. The third kappa shape index (κ3) is 3.05. The molecule has 29 heavy (non-hydrogen) atoms. The molecule has 0 radical (unpaired) electrons. The van der Waals surface area contributed by atoms with E-state index in [0.29, 0.717) is 11.1 Å². The molecule has 0 fully saturated rings. The maximum atomic E-state index is 13.5. The Balaban J connectivity index is 2.06. The van der Waals surface area contributed by atoms with Gasteiger partial charge < -0.3 is 8.98 Å². The van der Waals surface area contributed by atoms with Gasteiger partial charge in [0.25, 0.3) is 0 Å². The van der Waals surface area contributed by atoms with Gasteiger partial charge >= 0.3 is 6.18 Å². The highest BCUT2D eigenvalue weighted by atomic mass is 19.4. The largest absolute Gasteiger partial charge is 0.453 e. The maximum Gasteiger partial charge on any atom is 0.449 e. The zero-order valence-electron chi connectivity index (χ0n) is 15.4. The molecule has 0 unspecified atom stereocenters. The van der Waals surface area contributed by atoms with Crippen molar-refractivity contribution in [1.29, 1.82) is 5.26 Å². The Bertz CT molecular complexity index is 1340. The summed E-state index contributed by atoms with van der Waals surface area (Å²) in [5.74, 6) is -0.853. The first-order valence-corrected chi connectivity index (χ1v) is 8.77. The highest BCUT2D eigenvalue weighted by molar-refractivity contribution is 6.01. The molecule has 5 nitrogen and oxygen atoms in total. The average molecular weight is 397 g/mol. The first-order chi connectivity index (χ1) is 13.7. The molecule has 4 rings (SSSR count). The van der Waals surface area contributed by atoms with Crippen molar-refractivity contribution in [3.05, 3.63) is 64.1 Å². The van der Waals surface area contributed by atoms with E-state index in [1.807, 2.05) is 6.07 Å². The van der Waals surface area contributed by atoms with Crippen molar-refractivity contribution in [2.75, 3.05) is 0 Å². The van der Waals surface area contributed by atoms with Gasteiger partial charge in [-0.1, -0.05) is 0 Å². The van der Waals surface area contributed by atoms with E-state index in [1.165, 1.54) is 18.2 Å². The maximum absolute atomic E-state index is 13.5. The molecular weight excluding hydrogens is 383 g/mol. The summed E-state index contributed by atoms with van der Waals surface area (Å²) in [4.78, 5) is 16.4. The van der Waals surface area contributed by atoms with Gasteiger partial charge in [0.05, 0.1) is 22.5 Å². The van der Waals surface area contributed by atoms with Crippen LogP contribution < -0.4 is 5.43 Å². The fraction of sp³-hybridized carbons (Fsp3) is 0.190. The normalized spacial score (nSPS) is 12.0. The fourth-order valence-electron chi connectivity index (χ4n) is 3.34. The van der Waals surface area contributed by atoms with Gasteiger partial charge in [0.1, 0.15) is 11.3 Å². The summed E-state index contributed by atoms with van der Waals surface area (Å²) >= 11 is 0. The van der Waals surface area contributed by atoms with Crippen LogP contribution in [0.4, 0.5) is 13.2 Å². The van der Waals surface area contributed by atoms with Crippen molar-refractivity contribution in [1.82, 2.24) is 9.55 Å². The zero-order valence-corrected chi connectivity index (χ0v) is 15.4. The third-order valence-corrected chi connectivity index (χ3v) is 4.62. The molecule has 0 aliphatic carbocycles. The van der Waals surface area contributed by atoms with Crippen molar-refractivity contribution in [3.63, 3.8) is 0 Å². The summed E-state index contributed by atoms with van der Waals surface area (Å²) in [6.07, 6.45) is -4.65. The molecular formula is C21H14F3N3O2. The van der Waals surface area contributed by atoms with Gasteiger partial charge in [-0.3, -0.25) is 4.79 Å². The molecule has 2 aromatic heterocycles. The van der Waals surface area contributed by atoms with Crippen LogP contribution in [0.5, 0.6) is 0 Å². The first-order valence-electron chi connectivity index (χ1n) is 8.77. The molecule has 0 aliphatic rings. The third-order valence-electron chi connectivity index (χ3n) is 4.62. The summed E-state index contributed by atoms with van der Waals surface area (Å²) in [6.45, 7) is 3.26. The zero-order chi connectivity index (χ0) is 20.9. The minimum atomic E-state index is -4.65. The molecule has 0 bridgehead atoms. The lowest BCUT2D eigenvalue weighted by atomic mass is 10.1. The minimum Gasteiger partial charge on any atom is -0.453 e. The Morgan fingerprint density at radius 2 is 1.83 bits per heavy atom. The topological polar surface area (TPSA) is 71.8 Å². The lowest BCUT2D eigenvalue weighted by molar-refractivity contribution is -0.147. The van der Waals surface area contributed by atoms with Crippen LogP contribution in [0.25, 0.3) is 33.3 Å². The Hall–Kier alpha value is -3.60. The second-order valence-corrected chi connectivity index (χ2v) is 6.87. The number of hydrogen-bond acceptors (Lipinski definition) is 4. The van der Waals surface area contributed by atoms with E-state index in [0.717, 1.165) is 4.57 Å². The van der Waals surface area contributed by atoms with Gasteiger partial charge in [0, 0.05) is 17.7 Å². The monoisotopic (exact) mass is 397 g/mol. The molecule has 8 heteroatoms. The van der Waals surface area contributed by atoms with E-state index in [4.69, 9.17) is 9.68 Å². The van der Waals surface area contributed by atoms with Crippen molar-refractivity contribution >= 4 is 22.0 Å². The Kier molecular flexibility index (Phi) is 4.19. The molecule has 0 saturated heterocycles. The van der Waals surface area contributed by atoms with Gasteiger partial charge in [0.2, 0.25) is 5.82 Å². The molecule has 0 aliphatic heterocycles. The predicted molar refractivity (Wildman–Crippen MR) is 101 cm³/mol. The van der Waals surface area contributed by atoms with Crippen LogP contribution in [-0.2, 0) is 6.18 Å². The Labute approximate surface area is 162 Å². The molecule has 146 valence electrons. The highest BCUT2D eigenvalue weighted by Gasteiger charge is 2.38. The number of imidazole rings is 1. The smallest absolute Gasteiger partial charge is 0.449 e. The van der Waals surface area contributed by atoms with Gasteiger partial charge in [-0.2, -0.15) is 18.4 Å². The number of aromatic nitrogens is 2. The lowest BCUT2D eigenvalue weighted by Crippen LogP contribution is -2.16. The summed E-state index contributed by atoms with van der Waals surface area (Å²) in [6, 6.07) is 12.0. The van der Waals surface area contributed by atoms with Crippen LogP contribution >= 0.6 is 0 Å². The number of nitriles is 1. The molecule has 0 spiro atoms. The summed E-state index contributed by atoms with van der Waals surface area (Å²) in [5.41, 5.74) is 0.791. The molecule has 2 aromatic carbocycles. The van der Waals surface area contributed by atoms with Gasteiger partial charge in [-0.05, 0) is 50.2 Å². The standard InChI is InChI=1S/C21H14F3N3O2/c1-11(2)27-15-8-7-14-16(28)9-17(13-5-3-12(10-25)4-6-13)29-19(14)18(15)26-20(27)21(22,23)24/h3-9,11H,1-2H3. The molecule has 4 aromatic rings. The first kappa shape index (κ1) is 18.7. The molecule has 0 N–H and O–H groups in total. The van der Waals surface area contributed by atoms with E-state index >= 15 is 0 Å². The second-order valence-electron chi connectivity index (χ2n) is 6.87. The SMILES string of the molecule is CC(C)n1c(C(F)(F)F)nc2c3oc(-c4ccc(C#N)cc4)cc(=O)c3ccc21. The van der Waals surface area contributed by atoms with Crippen molar-refractivity contribution in [2.45, 2.75) is 26.1 Å². The van der Waals surface area contributed by atoms with Gasteiger partial charge in [-0.25, -0.2) is 4.98 Å². The van der Waals surface area contributed by atoms with E-state index in [1.54, 1.807) is 38.1 Å². The molecule has 2 heterocycles. The highest BCUT2D eigenvalue weighted by Crippen LogP contribution is 2.36. The van der Waals surface area contributed by atoms with Crippen LogP contribution in [0.2, 0.25) is 0 Å². The molecule has 0 amide bonds. The Morgan fingerprint density at radius 3 is 2.41 bits per heavy atom.